The second-order valence-corrected chi connectivity index (χ2v) is 8.49. The molecule has 1 nitrogen and oxygen atoms in total. The fourth-order valence-corrected chi connectivity index (χ4v) is 4.34. The molecule has 0 radical (unpaired) electrons. The van der Waals surface area contributed by atoms with Crippen LogP contribution in [0.3, 0.4) is 0 Å². The van der Waals surface area contributed by atoms with Crippen molar-refractivity contribution >= 4 is 11.3 Å². The minimum Gasteiger partial charge on any atom is -0.309 e. The van der Waals surface area contributed by atoms with Crippen LogP contribution in [0.15, 0.2) is 41.8 Å². The highest BCUT2D eigenvalue weighted by Gasteiger charge is 2.39. The van der Waals surface area contributed by atoms with Gasteiger partial charge in [-0.3, -0.25) is 0 Å². The zero-order valence-electron chi connectivity index (χ0n) is 13.4. The number of nitrogens with one attached hydrogen (secondary N) is 1. The Bertz CT molecular complexity index is 610. The van der Waals surface area contributed by atoms with Crippen molar-refractivity contribution < 1.29 is 0 Å². The molecule has 1 aliphatic carbocycles. The van der Waals surface area contributed by atoms with E-state index in [-0.39, 0.29) is 10.8 Å². The first kappa shape index (κ1) is 14.8. The van der Waals surface area contributed by atoms with Gasteiger partial charge in [0.05, 0.1) is 0 Å². The molecular weight excluding hydrogens is 274 g/mol. The molecule has 112 valence electrons. The molecule has 1 aromatic heterocycles. The zero-order chi connectivity index (χ0) is 15.1. The molecule has 0 saturated carbocycles. The molecule has 1 aliphatic rings. The number of fused-ring (bicyclic) bond motifs is 1. The molecule has 0 saturated heterocycles. The highest BCUT2D eigenvalue weighted by atomic mass is 32.1. The number of hydrogen-bond acceptors (Lipinski definition) is 2. The van der Waals surface area contributed by atoms with E-state index in [1.807, 2.05) is 11.3 Å². The molecule has 1 unspecified atom stereocenters. The van der Waals surface area contributed by atoms with Crippen LogP contribution in [0, 0.1) is 5.41 Å². The van der Waals surface area contributed by atoms with E-state index in [4.69, 9.17) is 0 Å². The summed E-state index contributed by atoms with van der Waals surface area (Å²) >= 11 is 1.86. The topological polar surface area (TPSA) is 12.0 Å². The summed E-state index contributed by atoms with van der Waals surface area (Å²) in [6.45, 7) is 10.4. The average molecular weight is 299 g/mol. The molecular formula is C19H25NS. The zero-order valence-corrected chi connectivity index (χ0v) is 14.3. The lowest BCUT2D eigenvalue weighted by Gasteiger charge is -2.33. The smallest absolute Gasteiger partial charge is 0.0378 e. The maximum absolute atomic E-state index is 3.86. The van der Waals surface area contributed by atoms with Gasteiger partial charge in [0.1, 0.15) is 0 Å². The highest BCUT2D eigenvalue weighted by molar-refractivity contribution is 7.10. The third-order valence-corrected chi connectivity index (χ3v) is 5.97. The number of rotatable bonds is 4. The fourth-order valence-electron chi connectivity index (χ4n) is 3.48. The second kappa shape index (κ2) is 5.26. The monoisotopic (exact) mass is 299 g/mol. The van der Waals surface area contributed by atoms with Gasteiger partial charge >= 0.3 is 0 Å². The minimum atomic E-state index is 0.182. The number of thiophene rings is 1. The average Bonchev–Trinajstić information content (AvgIpc) is 3.01. The number of hydrogen-bond donors (Lipinski definition) is 1. The summed E-state index contributed by atoms with van der Waals surface area (Å²) in [7, 11) is 0. The molecule has 1 aromatic carbocycles. The van der Waals surface area contributed by atoms with Crippen molar-refractivity contribution in [3.8, 4) is 0 Å². The molecule has 21 heavy (non-hydrogen) atoms. The predicted molar refractivity (Wildman–Crippen MR) is 92.0 cm³/mol. The van der Waals surface area contributed by atoms with Gasteiger partial charge in [0.25, 0.3) is 0 Å². The maximum Gasteiger partial charge on any atom is 0.0378 e. The van der Waals surface area contributed by atoms with Gasteiger partial charge in [0.2, 0.25) is 0 Å². The highest BCUT2D eigenvalue weighted by Crippen LogP contribution is 2.45. The first-order chi connectivity index (χ1) is 9.90. The third kappa shape index (κ3) is 2.79. The van der Waals surface area contributed by atoms with Crippen molar-refractivity contribution in [2.24, 2.45) is 5.41 Å². The molecule has 0 bridgehead atoms. The normalized spacial score (nSPS) is 20.5. The molecule has 1 heterocycles. The van der Waals surface area contributed by atoms with Crippen LogP contribution in [-0.2, 0) is 11.8 Å². The minimum absolute atomic E-state index is 0.182. The van der Waals surface area contributed by atoms with E-state index in [0.29, 0.717) is 6.04 Å². The maximum atomic E-state index is 3.86. The van der Waals surface area contributed by atoms with Gasteiger partial charge < -0.3 is 5.32 Å². The largest absolute Gasteiger partial charge is 0.309 e. The van der Waals surface area contributed by atoms with E-state index in [1.165, 1.54) is 22.4 Å². The van der Waals surface area contributed by atoms with Crippen LogP contribution in [-0.4, -0.2) is 6.54 Å². The van der Waals surface area contributed by atoms with Gasteiger partial charge in [-0.15, -0.1) is 11.3 Å². The summed E-state index contributed by atoms with van der Waals surface area (Å²) in [4.78, 5) is 1.46. The Hall–Kier alpha value is -1.12. The van der Waals surface area contributed by atoms with E-state index in [1.54, 1.807) is 0 Å². The first-order valence-electron chi connectivity index (χ1n) is 7.75. The van der Waals surface area contributed by atoms with Gasteiger partial charge in [0.15, 0.2) is 0 Å². The SMILES string of the molecule is CC(C)(CNC1c2ccccc2CC1(C)C)c1cccs1. The van der Waals surface area contributed by atoms with Gasteiger partial charge in [-0.1, -0.05) is 58.0 Å². The van der Waals surface area contributed by atoms with E-state index in [0.717, 1.165) is 6.54 Å². The van der Waals surface area contributed by atoms with E-state index in [2.05, 4.69) is 74.8 Å². The molecule has 0 amide bonds. The van der Waals surface area contributed by atoms with E-state index >= 15 is 0 Å². The van der Waals surface area contributed by atoms with Crippen molar-refractivity contribution in [3.63, 3.8) is 0 Å². The van der Waals surface area contributed by atoms with Crippen LogP contribution in [0.2, 0.25) is 0 Å². The van der Waals surface area contributed by atoms with Crippen molar-refractivity contribution in [3.05, 3.63) is 57.8 Å². The molecule has 1 atom stereocenters. The van der Waals surface area contributed by atoms with Crippen molar-refractivity contribution in [1.82, 2.24) is 5.32 Å². The summed E-state index contributed by atoms with van der Waals surface area (Å²) in [6.07, 6.45) is 1.17. The van der Waals surface area contributed by atoms with Crippen molar-refractivity contribution in [2.45, 2.75) is 45.6 Å². The van der Waals surface area contributed by atoms with Crippen LogP contribution in [0.1, 0.15) is 49.7 Å². The Morgan fingerprint density at radius 3 is 2.67 bits per heavy atom. The molecule has 0 aliphatic heterocycles. The summed E-state index contributed by atoms with van der Waals surface area (Å²) in [5.74, 6) is 0. The molecule has 0 spiro atoms. The van der Waals surface area contributed by atoms with Gasteiger partial charge in [0, 0.05) is 22.9 Å². The predicted octanol–water partition coefficient (Wildman–Crippen LogP) is 4.94. The number of benzene rings is 1. The molecule has 0 fully saturated rings. The molecule has 3 rings (SSSR count). The third-order valence-electron chi connectivity index (χ3n) is 4.73. The summed E-state index contributed by atoms with van der Waals surface area (Å²) in [5.41, 5.74) is 3.47. The lowest BCUT2D eigenvalue weighted by molar-refractivity contribution is 0.256. The fraction of sp³-hybridized carbons (Fsp3) is 0.474. The van der Waals surface area contributed by atoms with Crippen LogP contribution < -0.4 is 5.32 Å². The van der Waals surface area contributed by atoms with Crippen LogP contribution in [0.5, 0.6) is 0 Å². The standard InChI is InChI=1S/C19H25NS/c1-18(2)12-14-8-5-6-9-15(14)17(18)20-13-19(3,4)16-10-7-11-21-16/h5-11,17,20H,12-13H2,1-4H3. The van der Waals surface area contributed by atoms with Crippen LogP contribution in [0.25, 0.3) is 0 Å². The first-order valence-corrected chi connectivity index (χ1v) is 8.63. The van der Waals surface area contributed by atoms with E-state index in [9.17, 15) is 0 Å². The molecule has 2 heteroatoms. The lowest BCUT2D eigenvalue weighted by atomic mass is 9.84. The van der Waals surface area contributed by atoms with Gasteiger partial charge in [-0.2, -0.15) is 0 Å². The Morgan fingerprint density at radius 1 is 1.19 bits per heavy atom. The quantitative estimate of drug-likeness (QED) is 0.843. The van der Waals surface area contributed by atoms with Crippen LogP contribution >= 0.6 is 11.3 Å². The van der Waals surface area contributed by atoms with Gasteiger partial charge in [-0.05, 0) is 34.4 Å². The van der Waals surface area contributed by atoms with Gasteiger partial charge in [-0.25, -0.2) is 0 Å². The van der Waals surface area contributed by atoms with Crippen molar-refractivity contribution in [1.29, 1.82) is 0 Å². The Morgan fingerprint density at radius 2 is 1.95 bits per heavy atom. The molecule has 1 N–H and O–H groups in total. The lowest BCUT2D eigenvalue weighted by Crippen LogP contribution is -2.39. The van der Waals surface area contributed by atoms with Crippen molar-refractivity contribution in [2.75, 3.05) is 6.54 Å². The Labute approximate surface area is 132 Å². The second-order valence-electron chi connectivity index (χ2n) is 7.54. The van der Waals surface area contributed by atoms with E-state index < -0.39 is 0 Å². The Kier molecular flexibility index (Phi) is 3.71. The molecule has 2 aromatic rings. The summed E-state index contributed by atoms with van der Waals surface area (Å²) in [6, 6.07) is 13.7. The summed E-state index contributed by atoms with van der Waals surface area (Å²) < 4.78 is 0. The summed E-state index contributed by atoms with van der Waals surface area (Å²) in [5, 5.41) is 6.04. The van der Waals surface area contributed by atoms with Crippen LogP contribution in [0.4, 0.5) is 0 Å². The Balaban J connectivity index is 1.78.